The van der Waals surface area contributed by atoms with Crippen molar-refractivity contribution in [3.05, 3.63) is 54.1 Å². The van der Waals surface area contributed by atoms with Gasteiger partial charge in [-0.2, -0.15) is 0 Å². The highest BCUT2D eigenvalue weighted by atomic mass is 16.5. The summed E-state index contributed by atoms with van der Waals surface area (Å²) in [6.07, 6.45) is 4.83. The van der Waals surface area contributed by atoms with E-state index in [2.05, 4.69) is 39.1 Å². The minimum Gasteiger partial charge on any atom is -0.372 e. The SMILES string of the molecule is CC1CN(C(=O)NCc2nccn2CCc2ccccc2)CC(C)O1. The molecule has 1 saturated heterocycles. The molecule has 1 fully saturated rings. The van der Waals surface area contributed by atoms with Crippen LogP contribution < -0.4 is 5.32 Å². The first kappa shape index (κ1) is 17.5. The maximum atomic E-state index is 12.4. The lowest BCUT2D eigenvalue weighted by molar-refractivity contribution is -0.0545. The fraction of sp³-hybridized carbons (Fsp3) is 0.474. The van der Waals surface area contributed by atoms with Gasteiger partial charge >= 0.3 is 6.03 Å². The monoisotopic (exact) mass is 342 g/mol. The lowest BCUT2D eigenvalue weighted by Gasteiger charge is -2.35. The largest absolute Gasteiger partial charge is 0.372 e. The zero-order valence-electron chi connectivity index (χ0n) is 14.9. The van der Waals surface area contributed by atoms with Crippen LogP contribution in [-0.2, 0) is 24.2 Å². The van der Waals surface area contributed by atoms with E-state index in [-0.39, 0.29) is 18.2 Å². The number of nitrogens with zero attached hydrogens (tertiary/aromatic N) is 3. The Hall–Kier alpha value is -2.34. The number of nitrogens with one attached hydrogen (secondary N) is 1. The molecule has 2 unspecified atom stereocenters. The highest BCUT2D eigenvalue weighted by molar-refractivity contribution is 5.74. The second-order valence-electron chi connectivity index (χ2n) is 6.59. The van der Waals surface area contributed by atoms with Gasteiger partial charge in [0.2, 0.25) is 0 Å². The van der Waals surface area contributed by atoms with E-state index in [1.54, 1.807) is 6.20 Å². The van der Waals surface area contributed by atoms with Crippen molar-refractivity contribution in [3.8, 4) is 0 Å². The average molecular weight is 342 g/mol. The van der Waals surface area contributed by atoms with E-state index in [4.69, 9.17) is 4.74 Å². The quantitative estimate of drug-likeness (QED) is 0.908. The van der Waals surface area contributed by atoms with E-state index in [9.17, 15) is 4.79 Å². The number of aryl methyl sites for hydroxylation is 2. The number of hydrogen-bond acceptors (Lipinski definition) is 3. The van der Waals surface area contributed by atoms with Crippen molar-refractivity contribution in [2.45, 2.75) is 45.6 Å². The molecular weight excluding hydrogens is 316 g/mol. The Labute approximate surface area is 148 Å². The third-order valence-electron chi connectivity index (χ3n) is 4.39. The Morgan fingerprint density at radius 2 is 1.96 bits per heavy atom. The number of hydrogen-bond donors (Lipinski definition) is 1. The van der Waals surface area contributed by atoms with Crippen molar-refractivity contribution >= 4 is 6.03 Å². The van der Waals surface area contributed by atoms with E-state index < -0.39 is 0 Å². The van der Waals surface area contributed by atoms with Crippen LogP contribution in [0.15, 0.2) is 42.7 Å². The average Bonchev–Trinajstić information content (AvgIpc) is 3.05. The fourth-order valence-corrected chi connectivity index (χ4v) is 3.22. The van der Waals surface area contributed by atoms with Crippen LogP contribution in [0.2, 0.25) is 0 Å². The molecule has 0 spiro atoms. The molecule has 3 rings (SSSR count). The molecule has 0 aliphatic carbocycles. The number of morpholine rings is 1. The molecule has 2 atom stereocenters. The molecule has 2 amide bonds. The van der Waals surface area contributed by atoms with Gasteiger partial charge < -0.3 is 19.5 Å². The number of urea groups is 1. The van der Waals surface area contributed by atoms with Gasteiger partial charge in [0.15, 0.2) is 0 Å². The van der Waals surface area contributed by atoms with Gasteiger partial charge in [-0.05, 0) is 25.8 Å². The van der Waals surface area contributed by atoms with E-state index in [1.807, 2.05) is 31.0 Å². The zero-order valence-corrected chi connectivity index (χ0v) is 14.9. The summed E-state index contributed by atoms with van der Waals surface area (Å²) >= 11 is 0. The van der Waals surface area contributed by atoms with Gasteiger partial charge in [-0.25, -0.2) is 9.78 Å². The van der Waals surface area contributed by atoms with E-state index >= 15 is 0 Å². The van der Waals surface area contributed by atoms with Gasteiger partial charge in [0.25, 0.3) is 0 Å². The van der Waals surface area contributed by atoms with Gasteiger partial charge in [0.1, 0.15) is 5.82 Å². The summed E-state index contributed by atoms with van der Waals surface area (Å²) in [5.74, 6) is 0.874. The summed E-state index contributed by atoms with van der Waals surface area (Å²) in [6.45, 7) is 6.51. The molecule has 25 heavy (non-hydrogen) atoms. The summed E-state index contributed by atoms with van der Waals surface area (Å²) in [7, 11) is 0. The Morgan fingerprint density at radius 1 is 1.24 bits per heavy atom. The Bertz CT molecular complexity index is 676. The van der Waals surface area contributed by atoms with Crippen LogP contribution in [0.25, 0.3) is 0 Å². The molecule has 0 saturated carbocycles. The van der Waals surface area contributed by atoms with Gasteiger partial charge in [-0.1, -0.05) is 30.3 Å². The standard InChI is InChI=1S/C19H26N4O2/c1-15-13-23(14-16(2)25-15)19(24)21-12-18-20-9-11-22(18)10-8-17-6-4-3-5-7-17/h3-7,9,11,15-16H,8,10,12-14H2,1-2H3,(H,21,24). The van der Waals surface area contributed by atoms with Gasteiger partial charge in [-0.15, -0.1) is 0 Å². The second kappa shape index (κ2) is 8.16. The van der Waals surface area contributed by atoms with Crippen LogP contribution in [0, 0.1) is 0 Å². The van der Waals surface area contributed by atoms with E-state index in [0.29, 0.717) is 19.6 Å². The van der Waals surface area contributed by atoms with Gasteiger partial charge in [-0.3, -0.25) is 0 Å². The predicted molar refractivity (Wildman–Crippen MR) is 96.2 cm³/mol. The fourth-order valence-electron chi connectivity index (χ4n) is 3.22. The lowest BCUT2D eigenvalue weighted by Crippen LogP contribution is -2.51. The minimum atomic E-state index is -0.0559. The van der Waals surface area contributed by atoms with E-state index in [1.165, 1.54) is 5.56 Å². The number of carbonyl (C=O) groups is 1. The zero-order chi connectivity index (χ0) is 17.6. The first-order valence-electron chi connectivity index (χ1n) is 8.84. The Kier molecular flexibility index (Phi) is 5.71. The highest BCUT2D eigenvalue weighted by Crippen LogP contribution is 2.11. The third-order valence-corrected chi connectivity index (χ3v) is 4.39. The van der Waals surface area contributed by atoms with Crippen molar-refractivity contribution in [3.63, 3.8) is 0 Å². The Morgan fingerprint density at radius 3 is 2.68 bits per heavy atom. The summed E-state index contributed by atoms with van der Waals surface area (Å²) < 4.78 is 7.77. The number of rotatable bonds is 5. The summed E-state index contributed by atoms with van der Waals surface area (Å²) in [5.41, 5.74) is 1.29. The third kappa shape index (κ3) is 4.82. The van der Waals surface area contributed by atoms with Crippen molar-refractivity contribution in [2.75, 3.05) is 13.1 Å². The number of imidazole rings is 1. The van der Waals surface area contributed by atoms with Gasteiger partial charge in [0.05, 0.1) is 18.8 Å². The second-order valence-corrected chi connectivity index (χ2v) is 6.59. The lowest BCUT2D eigenvalue weighted by atomic mass is 10.1. The number of ether oxygens (including phenoxy) is 1. The van der Waals surface area contributed by atoms with Crippen molar-refractivity contribution < 1.29 is 9.53 Å². The first-order chi connectivity index (χ1) is 12.1. The maximum Gasteiger partial charge on any atom is 0.317 e. The summed E-state index contributed by atoms with van der Waals surface area (Å²) in [6, 6.07) is 10.3. The molecule has 1 aliphatic heterocycles. The molecule has 2 heterocycles. The molecule has 2 aromatic rings. The maximum absolute atomic E-state index is 12.4. The smallest absolute Gasteiger partial charge is 0.317 e. The van der Waals surface area contributed by atoms with Gasteiger partial charge in [0, 0.05) is 32.0 Å². The molecule has 1 aromatic carbocycles. The summed E-state index contributed by atoms with van der Waals surface area (Å²) in [4.78, 5) is 18.6. The molecule has 6 heteroatoms. The molecule has 134 valence electrons. The molecule has 6 nitrogen and oxygen atoms in total. The summed E-state index contributed by atoms with van der Waals surface area (Å²) in [5, 5.41) is 2.98. The van der Waals surface area contributed by atoms with Crippen LogP contribution in [-0.4, -0.2) is 45.8 Å². The minimum absolute atomic E-state index is 0.0559. The normalized spacial score (nSPS) is 20.5. The van der Waals surface area contributed by atoms with Crippen LogP contribution in [0.1, 0.15) is 25.2 Å². The predicted octanol–water partition coefficient (Wildman–Crippen LogP) is 2.44. The number of benzene rings is 1. The molecule has 1 aliphatic rings. The Balaban J connectivity index is 1.52. The van der Waals surface area contributed by atoms with Crippen molar-refractivity contribution in [2.24, 2.45) is 0 Å². The van der Waals surface area contributed by atoms with Crippen molar-refractivity contribution in [1.29, 1.82) is 0 Å². The highest BCUT2D eigenvalue weighted by Gasteiger charge is 2.25. The number of aromatic nitrogens is 2. The van der Waals surface area contributed by atoms with Crippen molar-refractivity contribution in [1.82, 2.24) is 19.8 Å². The molecule has 0 radical (unpaired) electrons. The topological polar surface area (TPSA) is 59.4 Å². The van der Waals surface area contributed by atoms with Crippen LogP contribution >= 0.6 is 0 Å². The molecule has 1 aromatic heterocycles. The molecular formula is C19H26N4O2. The van der Waals surface area contributed by atoms with Crippen LogP contribution in [0.4, 0.5) is 4.79 Å². The molecule has 1 N–H and O–H groups in total. The number of carbonyl (C=O) groups excluding carboxylic acids is 1. The first-order valence-corrected chi connectivity index (χ1v) is 8.84. The number of amides is 2. The van der Waals surface area contributed by atoms with Crippen LogP contribution in [0.3, 0.4) is 0 Å². The van der Waals surface area contributed by atoms with Crippen LogP contribution in [0.5, 0.6) is 0 Å². The molecule has 0 bridgehead atoms. The van der Waals surface area contributed by atoms with E-state index in [0.717, 1.165) is 18.8 Å².